The molecule has 0 aliphatic heterocycles. The molecule has 2 rings (SSSR count). The Hall–Kier alpha value is -2.49. The highest BCUT2D eigenvalue weighted by molar-refractivity contribution is 5.75. The SMILES string of the molecule is Cc1ccccc1OCCCC(=O)NCCN(C)c1ccccc1. The molecule has 1 N–H and O–H groups in total. The molecule has 0 atom stereocenters. The average molecular weight is 326 g/mol. The van der Waals surface area contributed by atoms with Crippen molar-refractivity contribution in [2.24, 2.45) is 0 Å². The van der Waals surface area contributed by atoms with E-state index in [9.17, 15) is 4.79 Å². The Balaban J connectivity index is 1.58. The van der Waals surface area contributed by atoms with Crippen LogP contribution in [-0.4, -0.2) is 32.7 Å². The summed E-state index contributed by atoms with van der Waals surface area (Å²) in [6.45, 7) is 4.01. The molecular weight excluding hydrogens is 300 g/mol. The highest BCUT2D eigenvalue weighted by atomic mass is 16.5. The van der Waals surface area contributed by atoms with Gasteiger partial charge in [-0.3, -0.25) is 4.79 Å². The Morgan fingerprint density at radius 3 is 2.54 bits per heavy atom. The fourth-order valence-electron chi connectivity index (χ4n) is 2.40. The summed E-state index contributed by atoms with van der Waals surface area (Å²) >= 11 is 0. The van der Waals surface area contributed by atoms with Crippen molar-refractivity contribution in [1.82, 2.24) is 5.32 Å². The lowest BCUT2D eigenvalue weighted by Crippen LogP contribution is -2.33. The number of hydrogen-bond acceptors (Lipinski definition) is 3. The van der Waals surface area contributed by atoms with Gasteiger partial charge in [-0.1, -0.05) is 36.4 Å². The van der Waals surface area contributed by atoms with E-state index in [0.717, 1.165) is 23.5 Å². The van der Waals surface area contributed by atoms with Crippen molar-refractivity contribution >= 4 is 11.6 Å². The summed E-state index contributed by atoms with van der Waals surface area (Å²) in [6, 6.07) is 18.1. The number of para-hydroxylation sites is 2. The Bertz CT molecular complexity index is 629. The molecule has 0 aliphatic rings. The Morgan fingerprint density at radius 1 is 1.08 bits per heavy atom. The van der Waals surface area contributed by atoms with Crippen LogP contribution in [0.1, 0.15) is 18.4 Å². The first-order valence-electron chi connectivity index (χ1n) is 8.38. The van der Waals surface area contributed by atoms with Gasteiger partial charge < -0.3 is 15.0 Å². The maximum absolute atomic E-state index is 11.9. The van der Waals surface area contributed by atoms with Crippen LogP contribution in [0.5, 0.6) is 5.75 Å². The van der Waals surface area contributed by atoms with Gasteiger partial charge in [0.2, 0.25) is 5.91 Å². The quantitative estimate of drug-likeness (QED) is 0.718. The van der Waals surface area contributed by atoms with Gasteiger partial charge in [0.1, 0.15) is 5.75 Å². The standard InChI is InChI=1S/C20H26N2O2/c1-17-9-6-7-12-19(17)24-16-8-13-20(23)21-14-15-22(2)18-10-4-3-5-11-18/h3-7,9-12H,8,13-16H2,1-2H3,(H,21,23). The van der Waals surface area contributed by atoms with E-state index >= 15 is 0 Å². The zero-order valence-electron chi connectivity index (χ0n) is 14.5. The van der Waals surface area contributed by atoms with Crippen LogP contribution >= 0.6 is 0 Å². The minimum atomic E-state index is 0.0739. The predicted octanol–water partition coefficient (Wildman–Crippen LogP) is 3.41. The molecule has 2 aromatic carbocycles. The molecule has 0 aromatic heterocycles. The van der Waals surface area contributed by atoms with Crippen molar-refractivity contribution < 1.29 is 9.53 Å². The Morgan fingerprint density at radius 2 is 1.79 bits per heavy atom. The number of anilines is 1. The van der Waals surface area contributed by atoms with Gasteiger partial charge in [-0.25, -0.2) is 0 Å². The van der Waals surface area contributed by atoms with Gasteiger partial charge in [0.05, 0.1) is 6.61 Å². The molecule has 0 fully saturated rings. The first-order valence-corrected chi connectivity index (χ1v) is 8.38. The van der Waals surface area contributed by atoms with E-state index in [2.05, 4.69) is 22.3 Å². The van der Waals surface area contributed by atoms with Crippen LogP contribution in [0.3, 0.4) is 0 Å². The molecule has 1 amide bonds. The van der Waals surface area contributed by atoms with Crippen LogP contribution in [0.2, 0.25) is 0 Å². The number of nitrogens with zero attached hydrogens (tertiary/aromatic N) is 1. The van der Waals surface area contributed by atoms with Gasteiger partial charge in [-0.05, 0) is 37.1 Å². The zero-order valence-corrected chi connectivity index (χ0v) is 14.5. The molecule has 0 unspecified atom stereocenters. The summed E-state index contributed by atoms with van der Waals surface area (Å²) in [4.78, 5) is 14.0. The molecule has 0 radical (unpaired) electrons. The van der Waals surface area contributed by atoms with Crippen molar-refractivity contribution in [3.05, 3.63) is 60.2 Å². The first kappa shape index (κ1) is 17.9. The predicted molar refractivity (Wildman–Crippen MR) is 98.6 cm³/mol. The molecule has 0 saturated carbocycles. The number of likely N-dealkylation sites (N-methyl/N-ethyl adjacent to an activating group) is 1. The average Bonchev–Trinajstić information content (AvgIpc) is 2.61. The third-order valence-corrected chi connectivity index (χ3v) is 3.87. The number of aryl methyl sites for hydroxylation is 1. The van der Waals surface area contributed by atoms with Crippen molar-refractivity contribution in [3.8, 4) is 5.75 Å². The highest BCUT2D eigenvalue weighted by Gasteiger charge is 2.04. The number of nitrogens with one attached hydrogen (secondary N) is 1. The molecular formula is C20H26N2O2. The number of benzene rings is 2. The van der Waals surface area contributed by atoms with E-state index in [4.69, 9.17) is 4.74 Å². The van der Waals surface area contributed by atoms with Gasteiger partial charge in [0.15, 0.2) is 0 Å². The van der Waals surface area contributed by atoms with Crippen LogP contribution in [0, 0.1) is 6.92 Å². The van der Waals surface area contributed by atoms with Crippen LogP contribution in [0.15, 0.2) is 54.6 Å². The fourth-order valence-corrected chi connectivity index (χ4v) is 2.40. The van der Waals surface area contributed by atoms with Crippen LogP contribution in [-0.2, 0) is 4.79 Å². The first-order chi connectivity index (χ1) is 11.7. The third kappa shape index (κ3) is 5.95. The van der Waals surface area contributed by atoms with Gasteiger partial charge in [-0.15, -0.1) is 0 Å². The number of carbonyl (C=O) groups is 1. The maximum atomic E-state index is 11.9. The second-order valence-electron chi connectivity index (χ2n) is 5.82. The second-order valence-corrected chi connectivity index (χ2v) is 5.82. The zero-order chi connectivity index (χ0) is 17.2. The molecule has 24 heavy (non-hydrogen) atoms. The van der Waals surface area contributed by atoms with E-state index in [-0.39, 0.29) is 5.91 Å². The monoisotopic (exact) mass is 326 g/mol. The molecule has 4 nitrogen and oxygen atoms in total. The highest BCUT2D eigenvalue weighted by Crippen LogP contribution is 2.16. The maximum Gasteiger partial charge on any atom is 0.220 e. The van der Waals surface area contributed by atoms with Crippen LogP contribution < -0.4 is 15.0 Å². The lowest BCUT2D eigenvalue weighted by Gasteiger charge is -2.19. The summed E-state index contributed by atoms with van der Waals surface area (Å²) in [5.41, 5.74) is 2.27. The fraction of sp³-hybridized carbons (Fsp3) is 0.350. The van der Waals surface area contributed by atoms with Crippen molar-refractivity contribution in [2.75, 3.05) is 31.6 Å². The van der Waals surface area contributed by atoms with Gasteiger partial charge in [0.25, 0.3) is 0 Å². The molecule has 0 saturated heterocycles. The topological polar surface area (TPSA) is 41.6 Å². The minimum Gasteiger partial charge on any atom is -0.493 e. The number of ether oxygens (including phenoxy) is 1. The third-order valence-electron chi connectivity index (χ3n) is 3.87. The van der Waals surface area contributed by atoms with Crippen LogP contribution in [0.25, 0.3) is 0 Å². The molecule has 0 aliphatic carbocycles. The van der Waals surface area contributed by atoms with E-state index in [0.29, 0.717) is 26.0 Å². The van der Waals surface area contributed by atoms with E-state index < -0.39 is 0 Å². The van der Waals surface area contributed by atoms with Crippen molar-refractivity contribution in [1.29, 1.82) is 0 Å². The Kier molecular flexibility index (Phi) is 7.15. The summed E-state index contributed by atoms with van der Waals surface area (Å²) < 4.78 is 5.70. The number of carbonyl (C=O) groups excluding carboxylic acids is 1. The van der Waals surface area contributed by atoms with Crippen LogP contribution in [0.4, 0.5) is 5.69 Å². The molecule has 0 bridgehead atoms. The minimum absolute atomic E-state index is 0.0739. The van der Waals surface area contributed by atoms with Gasteiger partial charge in [-0.2, -0.15) is 0 Å². The molecule has 0 heterocycles. The lowest BCUT2D eigenvalue weighted by molar-refractivity contribution is -0.121. The van der Waals surface area contributed by atoms with E-state index in [1.807, 2.05) is 56.4 Å². The van der Waals surface area contributed by atoms with Gasteiger partial charge in [0, 0.05) is 32.2 Å². The summed E-state index contributed by atoms with van der Waals surface area (Å²) in [5, 5.41) is 2.96. The van der Waals surface area contributed by atoms with Gasteiger partial charge >= 0.3 is 0 Å². The number of rotatable bonds is 9. The number of hydrogen-bond donors (Lipinski definition) is 1. The summed E-state index contributed by atoms with van der Waals surface area (Å²) in [6.07, 6.45) is 1.20. The van der Waals surface area contributed by atoms with Crippen molar-refractivity contribution in [3.63, 3.8) is 0 Å². The molecule has 0 spiro atoms. The Labute approximate surface area is 144 Å². The van der Waals surface area contributed by atoms with Crippen molar-refractivity contribution in [2.45, 2.75) is 19.8 Å². The van der Waals surface area contributed by atoms with E-state index in [1.165, 1.54) is 0 Å². The molecule has 4 heteroatoms. The lowest BCUT2D eigenvalue weighted by atomic mass is 10.2. The normalized spacial score (nSPS) is 10.2. The largest absolute Gasteiger partial charge is 0.493 e. The van der Waals surface area contributed by atoms with E-state index in [1.54, 1.807) is 0 Å². The molecule has 128 valence electrons. The number of amides is 1. The summed E-state index contributed by atoms with van der Waals surface area (Å²) in [7, 11) is 2.03. The smallest absolute Gasteiger partial charge is 0.220 e. The summed E-state index contributed by atoms with van der Waals surface area (Å²) in [5.74, 6) is 0.965. The molecule has 2 aromatic rings. The second kappa shape index (κ2) is 9.60.